The Kier molecular flexibility index (Phi) is 4.84. The van der Waals surface area contributed by atoms with Crippen LogP contribution in [-0.2, 0) is 19.0 Å². The number of benzene rings is 2. The molecule has 1 aliphatic rings. The second-order valence-electron chi connectivity index (χ2n) is 9.05. The maximum atomic E-state index is 13.0. The average Bonchev–Trinajstić information content (AvgIpc) is 3.06. The summed E-state index contributed by atoms with van der Waals surface area (Å²) in [7, 11) is 0. The fraction of sp³-hybridized carbons (Fsp3) is 0.360. The van der Waals surface area contributed by atoms with Crippen LogP contribution in [0.4, 0.5) is 13.2 Å². The van der Waals surface area contributed by atoms with Crippen molar-refractivity contribution in [1.29, 1.82) is 0 Å². The Balaban J connectivity index is 1.83. The highest BCUT2D eigenvalue weighted by Gasteiger charge is 2.32. The van der Waals surface area contributed by atoms with Crippen LogP contribution in [0.1, 0.15) is 44.0 Å². The molecule has 0 bridgehead atoms. The summed E-state index contributed by atoms with van der Waals surface area (Å²) in [5.74, 6) is 0.599. The molecule has 1 atom stereocenters. The second-order valence-corrected chi connectivity index (χ2v) is 9.05. The first-order chi connectivity index (χ1) is 13.6. The number of para-hydroxylation sites is 1. The molecule has 0 spiro atoms. The van der Waals surface area contributed by atoms with Gasteiger partial charge in [0.05, 0.1) is 11.3 Å². The van der Waals surface area contributed by atoms with Gasteiger partial charge >= 0.3 is 6.18 Å². The minimum Gasteiger partial charge on any atom is -0.313 e. The van der Waals surface area contributed by atoms with Crippen LogP contribution in [0.15, 0.2) is 60.7 Å². The fourth-order valence-electron chi connectivity index (χ4n) is 4.38. The van der Waals surface area contributed by atoms with Gasteiger partial charge in [0, 0.05) is 11.4 Å². The van der Waals surface area contributed by atoms with Crippen molar-refractivity contribution in [2.45, 2.75) is 46.2 Å². The maximum absolute atomic E-state index is 13.0. The molecule has 0 saturated heterocycles. The van der Waals surface area contributed by atoms with Crippen LogP contribution in [-0.4, -0.2) is 4.57 Å². The molecular formula is C25H26F3N. The van der Waals surface area contributed by atoms with Gasteiger partial charge in [0.1, 0.15) is 0 Å². The van der Waals surface area contributed by atoms with Crippen LogP contribution in [0.3, 0.4) is 0 Å². The van der Waals surface area contributed by atoms with Gasteiger partial charge in [-0.25, -0.2) is 0 Å². The molecule has 4 rings (SSSR count). The zero-order valence-corrected chi connectivity index (χ0v) is 17.1. The molecule has 29 heavy (non-hydrogen) atoms. The van der Waals surface area contributed by atoms with Gasteiger partial charge in [-0.2, -0.15) is 13.2 Å². The number of halogens is 3. The van der Waals surface area contributed by atoms with Crippen molar-refractivity contribution >= 4 is 0 Å². The van der Waals surface area contributed by atoms with E-state index in [0.717, 1.165) is 36.2 Å². The van der Waals surface area contributed by atoms with E-state index in [1.165, 1.54) is 23.4 Å². The van der Waals surface area contributed by atoms with Crippen molar-refractivity contribution in [3.05, 3.63) is 77.5 Å². The Morgan fingerprint density at radius 3 is 2.14 bits per heavy atom. The third-order valence-electron chi connectivity index (χ3n) is 6.14. The van der Waals surface area contributed by atoms with Crippen molar-refractivity contribution in [2.24, 2.45) is 11.3 Å². The van der Waals surface area contributed by atoms with Gasteiger partial charge in [-0.05, 0) is 72.1 Å². The van der Waals surface area contributed by atoms with Gasteiger partial charge in [-0.1, -0.05) is 51.1 Å². The topological polar surface area (TPSA) is 4.93 Å². The predicted molar refractivity (Wildman–Crippen MR) is 111 cm³/mol. The summed E-state index contributed by atoms with van der Waals surface area (Å²) < 4.78 is 41.2. The zero-order chi connectivity index (χ0) is 20.8. The SMILES string of the molecule is CC(C)(C)C1CCc2c(cc(-c3ccc(C(F)(F)F)cc3)n2-c2ccccc2)C1. The van der Waals surface area contributed by atoms with Gasteiger partial charge in [0.25, 0.3) is 0 Å². The monoisotopic (exact) mass is 397 g/mol. The molecule has 1 aliphatic carbocycles. The van der Waals surface area contributed by atoms with E-state index >= 15 is 0 Å². The third-order valence-corrected chi connectivity index (χ3v) is 6.14. The Morgan fingerprint density at radius 2 is 1.55 bits per heavy atom. The number of alkyl halides is 3. The van der Waals surface area contributed by atoms with E-state index < -0.39 is 11.7 Å². The Morgan fingerprint density at radius 1 is 0.897 bits per heavy atom. The lowest BCUT2D eigenvalue weighted by Gasteiger charge is -2.34. The summed E-state index contributed by atoms with van der Waals surface area (Å²) in [6, 6.07) is 17.8. The molecule has 1 nitrogen and oxygen atoms in total. The summed E-state index contributed by atoms with van der Waals surface area (Å²) in [5.41, 5.74) is 5.05. The van der Waals surface area contributed by atoms with Crippen LogP contribution in [0.5, 0.6) is 0 Å². The van der Waals surface area contributed by atoms with Gasteiger partial charge < -0.3 is 4.57 Å². The van der Waals surface area contributed by atoms with Crippen molar-refractivity contribution in [1.82, 2.24) is 4.57 Å². The summed E-state index contributed by atoms with van der Waals surface area (Å²) in [5, 5.41) is 0. The lowest BCUT2D eigenvalue weighted by atomic mass is 9.72. The minimum absolute atomic E-state index is 0.237. The van der Waals surface area contributed by atoms with E-state index in [1.54, 1.807) is 12.1 Å². The lowest BCUT2D eigenvalue weighted by Crippen LogP contribution is -2.27. The Bertz CT molecular complexity index is 990. The fourth-order valence-corrected chi connectivity index (χ4v) is 4.38. The molecule has 1 heterocycles. The molecule has 0 fully saturated rings. The van der Waals surface area contributed by atoms with Crippen LogP contribution >= 0.6 is 0 Å². The highest BCUT2D eigenvalue weighted by Crippen LogP contribution is 2.41. The standard InChI is InChI=1S/C25H26F3N/c1-24(2,3)20-13-14-22-18(15-20)16-23(29(22)21-7-5-4-6-8-21)17-9-11-19(12-10-17)25(26,27)28/h4-12,16,20H,13-15H2,1-3H3. The first-order valence-electron chi connectivity index (χ1n) is 10.1. The van der Waals surface area contributed by atoms with Crippen LogP contribution in [0.25, 0.3) is 16.9 Å². The molecule has 0 N–H and O–H groups in total. The minimum atomic E-state index is -4.32. The molecule has 0 aliphatic heterocycles. The summed E-state index contributed by atoms with van der Waals surface area (Å²) in [4.78, 5) is 0. The third kappa shape index (κ3) is 3.85. The van der Waals surface area contributed by atoms with E-state index in [1.807, 2.05) is 18.2 Å². The first-order valence-corrected chi connectivity index (χ1v) is 10.1. The molecule has 0 saturated carbocycles. The highest BCUT2D eigenvalue weighted by molar-refractivity contribution is 5.66. The molecule has 0 radical (unpaired) electrons. The van der Waals surface area contributed by atoms with E-state index in [2.05, 4.69) is 43.5 Å². The van der Waals surface area contributed by atoms with E-state index in [4.69, 9.17) is 0 Å². The van der Waals surface area contributed by atoms with Gasteiger partial charge in [0.15, 0.2) is 0 Å². The number of nitrogens with zero attached hydrogens (tertiary/aromatic N) is 1. The molecule has 152 valence electrons. The number of hydrogen-bond acceptors (Lipinski definition) is 0. The lowest BCUT2D eigenvalue weighted by molar-refractivity contribution is -0.137. The number of rotatable bonds is 2. The highest BCUT2D eigenvalue weighted by atomic mass is 19.4. The Hall–Kier alpha value is -2.49. The average molecular weight is 397 g/mol. The maximum Gasteiger partial charge on any atom is 0.416 e. The second kappa shape index (κ2) is 7.08. The van der Waals surface area contributed by atoms with Crippen molar-refractivity contribution in [3.63, 3.8) is 0 Å². The summed E-state index contributed by atoms with van der Waals surface area (Å²) in [6.45, 7) is 6.86. The number of fused-ring (bicyclic) bond motifs is 1. The van der Waals surface area contributed by atoms with Gasteiger partial charge in [0.2, 0.25) is 0 Å². The van der Waals surface area contributed by atoms with Crippen molar-refractivity contribution < 1.29 is 13.2 Å². The molecule has 1 aromatic heterocycles. The normalized spacial score (nSPS) is 17.2. The quantitative estimate of drug-likeness (QED) is 0.427. The first kappa shape index (κ1) is 19.8. The van der Waals surface area contributed by atoms with E-state index in [-0.39, 0.29) is 5.41 Å². The van der Waals surface area contributed by atoms with E-state index in [9.17, 15) is 13.2 Å². The summed E-state index contributed by atoms with van der Waals surface area (Å²) >= 11 is 0. The number of hydrogen-bond donors (Lipinski definition) is 0. The molecule has 2 aromatic carbocycles. The molecule has 4 heteroatoms. The number of aromatic nitrogens is 1. The Labute approximate surface area is 170 Å². The predicted octanol–water partition coefficient (Wildman–Crippen LogP) is 7.31. The van der Waals surface area contributed by atoms with Crippen LogP contribution in [0, 0.1) is 11.3 Å². The zero-order valence-electron chi connectivity index (χ0n) is 17.1. The van der Waals surface area contributed by atoms with Gasteiger partial charge in [-0.3, -0.25) is 0 Å². The van der Waals surface area contributed by atoms with Crippen LogP contribution < -0.4 is 0 Å². The molecule has 1 unspecified atom stereocenters. The van der Waals surface area contributed by atoms with Crippen LogP contribution in [0.2, 0.25) is 0 Å². The largest absolute Gasteiger partial charge is 0.416 e. The van der Waals surface area contributed by atoms with E-state index in [0.29, 0.717) is 5.92 Å². The molecule has 0 amide bonds. The molecule has 3 aromatic rings. The van der Waals surface area contributed by atoms with Gasteiger partial charge in [-0.15, -0.1) is 0 Å². The summed E-state index contributed by atoms with van der Waals surface area (Å²) in [6.07, 6.45) is -1.21. The van der Waals surface area contributed by atoms with Crippen molar-refractivity contribution in [3.8, 4) is 16.9 Å². The molecular weight excluding hydrogens is 371 g/mol. The van der Waals surface area contributed by atoms with Crippen molar-refractivity contribution in [2.75, 3.05) is 0 Å². The smallest absolute Gasteiger partial charge is 0.313 e.